The molecule has 7 atom stereocenters. The van der Waals surface area contributed by atoms with Crippen molar-refractivity contribution in [2.75, 3.05) is 13.1 Å². The third-order valence-electron chi connectivity index (χ3n) is 14.4. The lowest BCUT2D eigenvalue weighted by Crippen LogP contribution is -2.64. The van der Waals surface area contributed by atoms with Crippen LogP contribution >= 0.6 is 0 Å². The van der Waals surface area contributed by atoms with Gasteiger partial charge in [-0.15, -0.1) is 0 Å². The summed E-state index contributed by atoms with van der Waals surface area (Å²) in [5.41, 5.74) is -0.436. The van der Waals surface area contributed by atoms with Gasteiger partial charge in [-0.3, -0.25) is 14.4 Å². The van der Waals surface area contributed by atoms with Gasteiger partial charge in [0.2, 0.25) is 0 Å². The maximum atomic E-state index is 14.8. The minimum atomic E-state index is -0.668. The van der Waals surface area contributed by atoms with Gasteiger partial charge < -0.3 is 10.1 Å². The summed E-state index contributed by atoms with van der Waals surface area (Å²) in [6.45, 7) is 21.9. The van der Waals surface area contributed by atoms with E-state index >= 15 is 0 Å². The maximum Gasteiger partial charge on any atom is 0.306 e. The first-order valence-corrected chi connectivity index (χ1v) is 17.7. The van der Waals surface area contributed by atoms with Crippen molar-refractivity contribution >= 4 is 17.5 Å². The summed E-state index contributed by atoms with van der Waals surface area (Å²) in [6.07, 6.45) is 12.4. The first-order valence-electron chi connectivity index (χ1n) is 17.7. The van der Waals surface area contributed by atoms with Gasteiger partial charge in [0.25, 0.3) is 0 Å². The average molecular weight is 619 g/mol. The molecule has 6 heteroatoms. The van der Waals surface area contributed by atoms with Crippen molar-refractivity contribution < 1.29 is 19.1 Å². The molecule has 0 aromatic heterocycles. The maximum absolute atomic E-state index is 14.8. The molecule has 6 nitrogen and oxygen atoms in total. The van der Waals surface area contributed by atoms with Gasteiger partial charge in [0.1, 0.15) is 12.2 Å². The first-order chi connectivity index (χ1) is 20.9. The molecule has 0 amide bonds. The number of nitriles is 1. The highest BCUT2D eigenvalue weighted by atomic mass is 16.5. The number of Topliss-reactive ketones (excluding diaryl/α,β-unsaturated/α-hetero) is 1. The van der Waals surface area contributed by atoms with Gasteiger partial charge in [-0.05, 0) is 104 Å². The SMILES string of the molecule is CCC(C)(C)CC1C2C(=O)C=C3[C@@]4(C)C=C(C#N)C(=O)C(C)(C)[C@@H]4CC[C@@]3(C)[C@]2(C)CC[C@]1(C)CCC(=O)OC1CCNCC1. The summed E-state index contributed by atoms with van der Waals surface area (Å²) in [6, 6.07) is 2.21. The van der Waals surface area contributed by atoms with E-state index in [4.69, 9.17) is 4.74 Å². The van der Waals surface area contributed by atoms with Crippen molar-refractivity contribution in [1.29, 1.82) is 5.26 Å². The molecule has 5 rings (SSSR count). The molecular weight excluding hydrogens is 560 g/mol. The predicted octanol–water partition coefficient (Wildman–Crippen LogP) is 7.92. The van der Waals surface area contributed by atoms with E-state index in [9.17, 15) is 19.6 Å². The van der Waals surface area contributed by atoms with Crippen LogP contribution in [-0.2, 0) is 19.1 Å². The molecule has 1 heterocycles. The molecule has 1 saturated heterocycles. The number of hydrogen-bond donors (Lipinski definition) is 1. The Hall–Kier alpha value is -2.26. The van der Waals surface area contributed by atoms with Crippen molar-refractivity contribution in [2.45, 2.75) is 133 Å². The Morgan fingerprint density at radius 3 is 2.33 bits per heavy atom. The number of carbonyl (C=O) groups is 3. The van der Waals surface area contributed by atoms with Gasteiger partial charge in [0.05, 0.1) is 5.57 Å². The number of fused-ring (bicyclic) bond motifs is 5. The van der Waals surface area contributed by atoms with Crippen LogP contribution in [0.15, 0.2) is 23.3 Å². The third kappa shape index (κ3) is 5.38. The Morgan fingerprint density at radius 1 is 1.04 bits per heavy atom. The van der Waals surface area contributed by atoms with E-state index in [1.807, 2.05) is 26.0 Å². The van der Waals surface area contributed by atoms with Gasteiger partial charge in [-0.25, -0.2) is 0 Å². The summed E-state index contributed by atoms with van der Waals surface area (Å²) in [4.78, 5) is 41.2. The van der Waals surface area contributed by atoms with E-state index < -0.39 is 10.8 Å². The van der Waals surface area contributed by atoms with E-state index in [0.717, 1.165) is 76.5 Å². The fraction of sp³-hybridized carbons (Fsp3) is 0.795. The van der Waals surface area contributed by atoms with Crippen molar-refractivity contribution in [1.82, 2.24) is 5.32 Å². The molecular formula is C39H58N2O4. The first kappa shape index (κ1) is 34.1. The van der Waals surface area contributed by atoms with E-state index in [2.05, 4.69) is 59.9 Å². The third-order valence-corrected chi connectivity index (χ3v) is 14.4. The topological polar surface area (TPSA) is 96.3 Å². The highest BCUT2D eigenvalue weighted by Gasteiger charge is 2.68. The molecule has 0 spiro atoms. The predicted molar refractivity (Wildman–Crippen MR) is 177 cm³/mol. The largest absolute Gasteiger partial charge is 0.462 e. The van der Waals surface area contributed by atoms with E-state index in [0.29, 0.717) is 6.42 Å². The van der Waals surface area contributed by atoms with Crippen molar-refractivity contribution in [3.8, 4) is 6.07 Å². The molecule has 1 aliphatic heterocycles. The van der Waals surface area contributed by atoms with E-state index in [1.54, 1.807) is 0 Å². The summed E-state index contributed by atoms with van der Waals surface area (Å²) >= 11 is 0. The average Bonchev–Trinajstić information content (AvgIpc) is 2.98. The van der Waals surface area contributed by atoms with Crippen molar-refractivity contribution in [3.05, 3.63) is 23.3 Å². The summed E-state index contributed by atoms with van der Waals surface area (Å²) < 4.78 is 5.91. The number of ether oxygens (including phenoxy) is 1. The fourth-order valence-electron chi connectivity index (χ4n) is 10.9. The number of ketones is 2. The smallest absolute Gasteiger partial charge is 0.306 e. The molecule has 248 valence electrons. The zero-order valence-electron chi connectivity index (χ0n) is 29.5. The molecule has 2 saturated carbocycles. The monoisotopic (exact) mass is 618 g/mol. The quantitative estimate of drug-likeness (QED) is 0.291. The Morgan fingerprint density at radius 2 is 1.71 bits per heavy atom. The van der Waals surface area contributed by atoms with Gasteiger partial charge in [-0.1, -0.05) is 80.4 Å². The van der Waals surface area contributed by atoms with Crippen LogP contribution in [0, 0.1) is 61.6 Å². The van der Waals surface area contributed by atoms with Crippen LogP contribution in [0.4, 0.5) is 0 Å². The van der Waals surface area contributed by atoms with E-state index in [1.165, 1.54) is 0 Å². The fourth-order valence-corrected chi connectivity index (χ4v) is 10.9. The highest BCUT2D eigenvalue weighted by molar-refractivity contribution is 6.04. The van der Waals surface area contributed by atoms with Crippen LogP contribution in [-0.4, -0.2) is 36.7 Å². The molecule has 2 unspecified atom stereocenters. The van der Waals surface area contributed by atoms with Crippen LogP contribution in [0.2, 0.25) is 0 Å². The number of esters is 1. The van der Waals surface area contributed by atoms with Crippen molar-refractivity contribution in [3.63, 3.8) is 0 Å². The number of nitrogens with zero attached hydrogens (tertiary/aromatic N) is 1. The van der Waals surface area contributed by atoms with Gasteiger partial charge in [0.15, 0.2) is 11.6 Å². The second-order valence-electron chi connectivity index (χ2n) is 17.7. The Labute approximate surface area is 272 Å². The van der Waals surface area contributed by atoms with Crippen LogP contribution in [0.1, 0.15) is 127 Å². The molecule has 0 aromatic rings. The van der Waals surface area contributed by atoms with Crippen LogP contribution in [0.3, 0.4) is 0 Å². The van der Waals surface area contributed by atoms with Gasteiger partial charge in [0, 0.05) is 23.2 Å². The standard InChI is InChI=1S/C39H58N2O4/c1-10-34(2,3)23-27-32-28(42)21-30-37(7)22-25(24-40)33(44)35(4,5)29(37)11-16-38(30,8)39(32,9)18-17-36(27,6)15-12-31(43)45-26-13-19-41-20-14-26/h21-22,26-27,29,32,41H,10-20,23H2,1-9H3/t27?,29-,32?,36-,37-,38+,39+/m0/s1. The van der Waals surface area contributed by atoms with E-state index in [-0.39, 0.29) is 68.6 Å². The zero-order valence-corrected chi connectivity index (χ0v) is 29.5. The molecule has 1 N–H and O–H groups in total. The lowest BCUT2D eigenvalue weighted by molar-refractivity contribution is -0.164. The second-order valence-corrected chi connectivity index (χ2v) is 17.7. The lowest BCUT2D eigenvalue weighted by atomic mass is 9.35. The number of piperidine rings is 1. The molecule has 5 aliphatic rings. The van der Waals surface area contributed by atoms with Gasteiger partial charge in [-0.2, -0.15) is 5.26 Å². The molecule has 45 heavy (non-hydrogen) atoms. The number of hydrogen-bond acceptors (Lipinski definition) is 6. The second kappa shape index (κ2) is 11.5. The Kier molecular flexibility index (Phi) is 8.68. The molecule has 4 aliphatic carbocycles. The Bertz CT molecular complexity index is 1340. The number of carbonyl (C=O) groups excluding carboxylic acids is 3. The molecule has 0 aromatic carbocycles. The normalized spacial score (nSPS) is 39.9. The minimum absolute atomic E-state index is 0.00612. The van der Waals surface area contributed by atoms with Crippen LogP contribution in [0.25, 0.3) is 0 Å². The molecule has 0 radical (unpaired) electrons. The number of nitrogens with one attached hydrogen (secondary N) is 1. The number of rotatable bonds is 7. The molecule has 0 bridgehead atoms. The number of allylic oxidation sites excluding steroid dienone is 4. The summed E-state index contributed by atoms with van der Waals surface area (Å²) in [7, 11) is 0. The zero-order chi connectivity index (χ0) is 33.2. The summed E-state index contributed by atoms with van der Waals surface area (Å²) in [5, 5.41) is 13.3. The van der Waals surface area contributed by atoms with Gasteiger partial charge >= 0.3 is 5.97 Å². The van der Waals surface area contributed by atoms with Crippen LogP contribution in [0.5, 0.6) is 0 Å². The highest BCUT2D eigenvalue weighted by Crippen LogP contribution is 2.73. The molecule has 3 fully saturated rings. The van der Waals surface area contributed by atoms with Crippen molar-refractivity contribution in [2.24, 2.45) is 50.2 Å². The lowest BCUT2D eigenvalue weighted by Gasteiger charge is -2.68. The van der Waals surface area contributed by atoms with Crippen LogP contribution < -0.4 is 5.32 Å². The Balaban J connectivity index is 1.53. The summed E-state index contributed by atoms with van der Waals surface area (Å²) in [5.74, 6) is 0.0611. The minimum Gasteiger partial charge on any atom is -0.462 e.